The second-order valence-electron chi connectivity index (χ2n) is 14.3. The molecule has 0 atom stereocenters. The van der Waals surface area contributed by atoms with Gasteiger partial charge in [0.2, 0.25) is 5.91 Å². The number of rotatable bonds is 14. The van der Waals surface area contributed by atoms with Crippen LogP contribution in [0.2, 0.25) is 0 Å². The molecule has 0 saturated heterocycles. The van der Waals surface area contributed by atoms with Crippen molar-refractivity contribution in [2.75, 3.05) is 6.54 Å². The summed E-state index contributed by atoms with van der Waals surface area (Å²) in [6.45, 7) is 2.75. The average Bonchev–Trinajstić information content (AvgIpc) is 3.03. The topological polar surface area (TPSA) is 83.6 Å². The van der Waals surface area contributed by atoms with Crippen LogP contribution in [0.5, 0.6) is 0 Å². The highest BCUT2D eigenvalue weighted by atomic mass is 32.2. The van der Waals surface area contributed by atoms with Crippen molar-refractivity contribution < 1.29 is 23.5 Å². The molecule has 3 aromatic rings. The normalized spacial score (nSPS) is 22.2. The van der Waals surface area contributed by atoms with Crippen LogP contribution in [-0.4, -0.2) is 34.0 Å². The highest BCUT2D eigenvalue weighted by Crippen LogP contribution is 2.54. The largest absolute Gasteiger partial charge is 0.478 e. The van der Waals surface area contributed by atoms with Gasteiger partial charge >= 0.3 is 5.97 Å². The molecular formula is C40H50F2N2O3S. The van der Waals surface area contributed by atoms with E-state index >= 15 is 0 Å². The van der Waals surface area contributed by atoms with E-state index in [1.807, 2.05) is 30.3 Å². The number of hydrogen-bond acceptors (Lipinski definition) is 4. The van der Waals surface area contributed by atoms with Crippen LogP contribution in [0.1, 0.15) is 105 Å². The number of halogens is 2. The molecular weight excluding hydrogens is 627 g/mol. The number of carboxylic acid groups (broad SMARTS) is 1. The summed E-state index contributed by atoms with van der Waals surface area (Å²) in [6, 6.07) is 18.0. The predicted molar refractivity (Wildman–Crippen MR) is 189 cm³/mol. The van der Waals surface area contributed by atoms with Crippen LogP contribution in [0, 0.1) is 29.4 Å². The van der Waals surface area contributed by atoms with Crippen molar-refractivity contribution in [3.8, 4) is 0 Å². The summed E-state index contributed by atoms with van der Waals surface area (Å²) in [5.41, 5.74) is 8.76. The van der Waals surface area contributed by atoms with Gasteiger partial charge in [-0.3, -0.25) is 4.79 Å². The number of thioether (sulfide) groups is 1. The Morgan fingerprint density at radius 2 is 1.56 bits per heavy atom. The number of carbonyl (C=O) groups excluding carboxylic acids is 1. The second kappa shape index (κ2) is 16.9. The average molecular weight is 677 g/mol. The van der Waals surface area contributed by atoms with Crippen LogP contribution < -0.4 is 5.73 Å². The highest BCUT2D eigenvalue weighted by Gasteiger charge is 2.48. The first kappa shape index (κ1) is 36.1. The molecule has 4 aliphatic rings. The fourth-order valence-corrected chi connectivity index (χ4v) is 9.26. The van der Waals surface area contributed by atoms with E-state index in [1.165, 1.54) is 62.4 Å². The third kappa shape index (κ3) is 10.1. The maximum Gasteiger partial charge on any atom is 0.335 e. The van der Waals surface area contributed by atoms with Crippen molar-refractivity contribution in [1.29, 1.82) is 0 Å². The summed E-state index contributed by atoms with van der Waals surface area (Å²) >= 11 is 1.51. The molecule has 4 aliphatic carbocycles. The molecule has 3 aromatic carbocycles. The zero-order valence-electron chi connectivity index (χ0n) is 28.1. The molecule has 7 rings (SSSR count). The molecule has 4 saturated carbocycles. The third-order valence-electron chi connectivity index (χ3n) is 10.2. The number of benzene rings is 3. The number of nitrogens with zero attached hydrogens (tertiary/aromatic N) is 1. The van der Waals surface area contributed by atoms with E-state index in [0.29, 0.717) is 23.4 Å². The van der Waals surface area contributed by atoms with Gasteiger partial charge in [-0.05, 0) is 98.1 Å². The lowest BCUT2D eigenvalue weighted by molar-refractivity contribution is -0.131. The maximum absolute atomic E-state index is 14.3. The van der Waals surface area contributed by atoms with Crippen molar-refractivity contribution in [1.82, 2.24) is 4.90 Å². The van der Waals surface area contributed by atoms with Gasteiger partial charge in [-0.25, -0.2) is 13.6 Å². The molecule has 0 heterocycles. The van der Waals surface area contributed by atoms with E-state index in [-0.39, 0.29) is 24.4 Å². The SMILES string of the molecule is CCCCCCCN(Cc1ccc(F)cc1F)C(=O)Cc1cccc(SCc2ccccc2C(=O)O)c1.NC12CC3CC(CC(C3)C1)C2. The minimum atomic E-state index is -0.956. The quantitative estimate of drug-likeness (QED) is 0.131. The van der Waals surface area contributed by atoms with Crippen molar-refractivity contribution >= 4 is 23.6 Å². The van der Waals surface area contributed by atoms with E-state index in [0.717, 1.165) is 71.9 Å². The molecule has 0 spiro atoms. The first-order valence-electron chi connectivity index (χ1n) is 17.6. The fraction of sp³-hybridized carbons (Fsp3) is 0.500. The summed E-state index contributed by atoms with van der Waals surface area (Å²) in [7, 11) is 0. The van der Waals surface area contributed by atoms with E-state index in [2.05, 4.69) is 6.92 Å². The number of unbranched alkanes of at least 4 members (excludes halogenated alkanes) is 4. The molecule has 0 unspecified atom stereocenters. The van der Waals surface area contributed by atoms with Crippen molar-refractivity contribution in [3.05, 3.63) is 101 Å². The van der Waals surface area contributed by atoms with Crippen LogP contribution in [0.4, 0.5) is 8.78 Å². The summed E-state index contributed by atoms with van der Waals surface area (Å²) in [5.74, 6) is 1.19. The monoisotopic (exact) mass is 676 g/mol. The summed E-state index contributed by atoms with van der Waals surface area (Å²) in [5, 5.41) is 9.41. The molecule has 0 radical (unpaired) electrons. The standard InChI is InChI=1S/C30H33F2NO3S.C10H17N/c1-2-3-4-5-8-16-33(20-23-14-15-25(31)19-28(23)32)29(34)18-22-10-9-12-26(17-22)37-21-24-11-6-7-13-27(24)30(35)36;11-10-4-7-1-8(5-10)3-9(2-7)6-10/h6-7,9-15,17,19H,2-5,8,16,18,20-21H2,1H3,(H,35,36);7-9H,1-6,11H2. The Morgan fingerprint density at radius 1 is 0.875 bits per heavy atom. The summed E-state index contributed by atoms with van der Waals surface area (Å²) < 4.78 is 27.7. The van der Waals surface area contributed by atoms with Crippen LogP contribution in [0.15, 0.2) is 71.6 Å². The zero-order chi connectivity index (χ0) is 34.1. The molecule has 4 fully saturated rings. The Labute approximate surface area is 288 Å². The van der Waals surface area contributed by atoms with Crippen LogP contribution >= 0.6 is 11.8 Å². The number of nitrogens with two attached hydrogens (primary N) is 1. The Kier molecular flexibility index (Phi) is 12.7. The minimum absolute atomic E-state index is 0.0964. The van der Waals surface area contributed by atoms with Gasteiger partial charge in [-0.15, -0.1) is 11.8 Å². The lowest BCUT2D eigenvalue weighted by Crippen LogP contribution is -2.55. The van der Waals surface area contributed by atoms with Gasteiger partial charge in [-0.1, -0.05) is 69.0 Å². The number of hydrogen-bond donors (Lipinski definition) is 2. The van der Waals surface area contributed by atoms with Gasteiger partial charge in [0.15, 0.2) is 0 Å². The van der Waals surface area contributed by atoms with E-state index < -0.39 is 17.6 Å². The first-order valence-corrected chi connectivity index (χ1v) is 18.6. The molecule has 0 aliphatic heterocycles. The molecule has 1 amide bonds. The van der Waals surface area contributed by atoms with E-state index in [4.69, 9.17) is 5.73 Å². The second-order valence-corrected chi connectivity index (χ2v) is 15.4. The first-order chi connectivity index (χ1) is 23.1. The molecule has 4 bridgehead atoms. The van der Waals surface area contributed by atoms with Gasteiger partial charge in [0.05, 0.1) is 12.0 Å². The van der Waals surface area contributed by atoms with Gasteiger partial charge < -0.3 is 15.7 Å². The lowest BCUT2D eigenvalue weighted by atomic mass is 9.53. The Balaban J connectivity index is 0.000000338. The van der Waals surface area contributed by atoms with Crippen molar-refractivity contribution in [2.45, 2.75) is 107 Å². The third-order valence-corrected chi connectivity index (χ3v) is 11.3. The van der Waals surface area contributed by atoms with Crippen molar-refractivity contribution in [2.24, 2.45) is 23.5 Å². The highest BCUT2D eigenvalue weighted by molar-refractivity contribution is 7.98. The molecule has 8 heteroatoms. The predicted octanol–water partition coefficient (Wildman–Crippen LogP) is 9.41. The van der Waals surface area contributed by atoms with E-state index in [1.54, 1.807) is 23.1 Å². The van der Waals surface area contributed by atoms with Gasteiger partial charge in [-0.2, -0.15) is 0 Å². The summed E-state index contributed by atoms with van der Waals surface area (Å²) in [6.07, 6.45) is 13.9. The van der Waals surface area contributed by atoms with E-state index in [9.17, 15) is 23.5 Å². The van der Waals surface area contributed by atoms with Crippen LogP contribution in [0.3, 0.4) is 0 Å². The smallest absolute Gasteiger partial charge is 0.335 e. The molecule has 5 nitrogen and oxygen atoms in total. The molecule has 3 N–H and O–H groups in total. The Bertz CT molecular complexity index is 1510. The minimum Gasteiger partial charge on any atom is -0.478 e. The molecule has 0 aromatic heterocycles. The zero-order valence-corrected chi connectivity index (χ0v) is 29.0. The molecule has 48 heavy (non-hydrogen) atoms. The maximum atomic E-state index is 14.3. The van der Waals surface area contributed by atoms with Crippen molar-refractivity contribution in [3.63, 3.8) is 0 Å². The number of carbonyl (C=O) groups is 2. The Morgan fingerprint density at radius 3 is 2.21 bits per heavy atom. The molecule has 258 valence electrons. The fourth-order valence-electron chi connectivity index (χ4n) is 8.28. The Hall–Kier alpha value is -3.23. The number of amides is 1. The number of carboxylic acids is 1. The van der Waals surface area contributed by atoms with Gasteiger partial charge in [0, 0.05) is 40.9 Å². The van der Waals surface area contributed by atoms with Gasteiger partial charge in [0.25, 0.3) is 0 Å². The van der Waals surface area contributed by atoms with Crippen LogP contribution in [-0.2, 0) is 23.5 Å². The summed E-state index contributed by atoms with van der Waals surface area (Å²) in [4.78, 5) is 27.3. The number of aromatic carboxylic acids is 1. The van der Waals surface area contributed by atoms with Crippen LogP contribution in [0.25, 0.3) is 0 Å². The van der Waals surface area contributed by atoms with Gasteiger partial charge in [0.1, 0.15) is 11.6 Å². The lowest BCUT2D eigenvalue weighted by Gasteiger charge is -2.55.